The molecule has 0 aromatic carbocycles. The Balaban J connectivity index is 2.50. The molecule has 0 amide bonds. The number of nitrogens with zero attached hydrogens (tertiary/aromatic N) is 2. The van der Waals surface area contributed by atoms with Crippen LogP contribution in [-0.2, 0) is 0 Å². The van der Waals surface area contributed by atoms with Crippen molar-refractivity contribution in [1.82, 2.24) is 15.2 Å². The number of aromatic nitrogens is 3. The minimum absolute atomic E-state index is 0.510. The van der Waals surface area contributed by atoms with Crippen molar-refractivity contribution in [1.29, 1.82) is 0 Å². The molecule has 58 valence electrons. The van der Waals surface area contributed by atoms with Crippen LogP contribution in [0.1, 0.15) is 0 Å². The van der Waals surface area contributed by atoms with Crippen molar-refractivity contribution in [2.45, 2.75) is 0 Å². The highest BCUT2D eigenvalue weighted by atomic mass is 32.1. The van der Waals surface area contributed by atoms with Gasteiger partial charge in [-0.25, -0.2) is 4.98 Å². The third-order valence-electron chi connectivity index (χ3n) is 1.42. The van der Waals surface area contributed by atoms with Crippen LogP contribution in [0.25, 0.3) is 10.6 Å². The van der Waals surface area contributed by atoms with E-state index < -0.39 is 0 Å². The number of nitrogens with two attached hydrogens (primary N) is 1. The molecular weight excluding hydrogens is 171 g/mol. The predicted octanol–water partition coefficient (Wildman–Crippen LogP) is -0.0908. The molecular formula is C6H5BN4S. The molecule has 0 bridgehead atoms. The van der Waals surface area contributed by atoms with Crippen molar-refractivity contribution < 1.29 is 0 Å². The molecule has 0 saturated carbocycles. The Morgan fingerprint density at radius 2 is 2.42 bits per heavy atom. The first-order chi connectivity index (χ1) is 5.77. The van der Waals surface area contributed by atoms with Crippen LogP contribution in [-0.4, -0.2) is 23.0 Å². The molecule has 0 unspecified atom stereocenters. The highest BCUT2D eigenvalue weighted by Gasteiger charge is 2.06. The number of aromatic amines is 1. The third kappa shape index (κ3) is 1.10. The van der Waals surface area contributed by atoms with Gasteiger partial charge in [0.2, 0.25) is 0 Å². The summed E-state index contributed by atoms with van der Waals surface area (Å²) in [4.78, 5) is 4.07. The van der Waals surface area contributed by atoms with Crippen molar-refractivity contribution in [2.24, 2.45) is 0 Å². The van der Waals surface area contributed by atoms with Crippen molar-refractivity contribution in [2.75, 3.05) is 5.73 Å². The van der Waals surface area contributed by atoms with Gasteiger partial charge in [-0.2, -0.15) is 5.10 Å². The van der Waals surface area contributed by atoms with E-state index in [4.69, 9.17) is 13.6 Å². The molecule has 0 fully saturated rings. The largest absolute Gasteiger partial charge is 0.383 e. The molecule has 3 N–H and O–H groups in total. The fourth-order valence-electron chi connectivity index (χ4n) is 0.876. The molecule has 2 heterocycles. The summed E-state index contributed by atoms with van der Waals surface area (Å²) in [5.41, 5.74) is 6.78. The summed E-state index contributed by atoms with van der Waals surface area (Å²) >= 11 is 1.45. The van der Waals surface area contributed by atoms with E-state index in [0.717, 1.165) is 10.6 Å². The first kappa shape index (κ1) is 7.36. The molecule has 0 aliphatic heterocycles. The Labute approximate surface area is 74.2 Å². The SMILES string of the molecule is [B]c1[nH]ncc1-c1nc(N)cs1. The molecule has 4 nitrogen and oxygen atoms in total. The maximum Gasteiger partial charge on any atom is 0.141 e. The summed E-state index contributed by atoms with van der Waals surface area (Å²) in [5.74, 6) is 0.510. The molecule has 2 aromatic heterocycles. The summed E-state index contributed by atoms with van der Waals surface area (Å²) in [6.07, 6.45) is 1.63. The van der Waals surface area contributed by atoms with E-state index in [9.17, 15) is 0 Å². The Morgan fingerprint density at radius 3 is 2.92 bits per heavy atom. The molecule has 0 aliphatic carbocycles. The average Bonchev–Trinajstić information content (AvgIpc) is 2.58. The maximum atomic E-state index is 5.59. The zero-order valence-electron chi connectivity index (χ0n) is 6.11. The van der Waals surface area contributed by atoms with E-state index in [1.807, 2.05) is 0 Å². The van der Waals surface area contributed by atoms with Gasteiger partial charge < -0.3 is 5.73 Å². The molecule has 2 rings (SSSR count). The van der Waals surface area contributed by atoms with E-state index in [0.29, 0.717) is 11.4 Å². The Bertz CT molecular complexity index is 394. The zero-order valence-corrected chi connectivity index (χ0v) is 6.93. The van der Waals surface area contributed by atoms with Gasteiger partial charge in [0.05, 0.1) is 6.20 Å². The zero-order chi connectivity index (χ0) is 8.55. The first-order valence-corrected chi connectivity index (χ1v) is 4.15. The number of nitrogen functional groups attached to an aromatic ring is 1. The molecule has 2 aromatic rings. The summed E-state index contributed by atoms with van der Waals surface area (Å²) in [7, 11) is 5.59. The average molecular weight is 176 g/mol. The second-order valence-corrected chi connectivity index (χ2v) is 3.13. The predicted molar refractivity (Wildman–Crippen MR) is 49.5 cm³/mol. The van der Waals surface area contributed by atoms with Crippen LogP contribution >= 0.6 is 11.3 Å². The number of thiazole rings is 1. The van der Waals surface area contributed by atoms with Crippen LogP contribution in [0.5, 0.6) is 0 Å². The Hall–Kier alpha value is -1.30. The monoisotopic (exact) mass is 176 g/mol. The van der Waals surface area contributed by atoms with Crippen molar-refractivity contribution in [3.05, 3.63) is 11.6 Å². The number of H-pyrrole nitrogens is 1. The molecule has 0 spiro atoms. The minimum atomic E-state index is 0.510. The topological polar surface area (TPSA) is 67.6 Å². The van der Waals surface area contributed by atoms with E-state index in [1.165, 1.54) is 11.3 Å². The maximum absolute atomic E-state index is 5.59. The molecule has 6 heteroatoms. The van der Waals surface area contributed by atoms with E-state index >= 15 is 0 Å². The minimum Gasteiger partial charge on any atom is -0.383 e. The van der Waals surface area contributed by atoms with Gasteiger partial charge in [0, 0.05) is 10.9 Å². The van der Waals surface area contributed by atoms with Crippen LogP contribution in [0.3, 0.4) is 0 Å². The first-order valence-electron chi connectivity index (χ1n) is 3.27. The lowest BCUT2D eigenvalue weighted by Gasteiger charge is -1.90. The quantitative estimate of drug-likeness (QED) is 0.596. The highest BCUT2D eigenvalue weighted by molar-refractivity contribution is 7.13. The van der Waals surface area contributed by atoms with Crippen LogP contribution in [0, 0.1) is 0 Å². The van der Waals surface area contributed by atoms with Gasteiger partial charge in [0.15, 0.2) is 0 Å². The number of rotatable bonds is 1. The van der Waals surface area contributed by atoms with E-state index in [1.54, 1.807) is 11.6 Å². The summed E-state index contributed by atoms with van der Waals surface area (Å²) in [6.45, 7) is 0. The highest BCUT2D eigenvalue weighted by Crippen LogP contribution is 2.21. The smallest absolute Gasteiger partial charge is 0.141 e. The summed E-state index contributed by atoms with van der Waals surface area (Å²) in [5, 5.41) is 8.97. The van der Waals surface area contributed by atoms with Gasteiger partial charge >= 0.3 is 0 Å². The molecule has 0 saturated heterocycles. The van der Waals surface area contributed by atoms with Crippen molar-refractivity contribution >= 4 is 30.6 Å². The number of anilines is 1. The van der Waals surface area contributed by atoms with E-state index in [-0.39, 0.29) is 0 Å². The fraction of sp³-hybridized carbons (Fsp3) is 0. The second-order valence-electron chi connectivity index (χ2n) is 2.27. The standard InChI is InChI=1S/C6H5BN4S/c7-5-3(1-9-11-5)6-10-4(8)2-12-6/h1-2H,8H2,(H,9,11). The van der Waals surface area contributed by atoms with Crippen LogP contribution in [0.4, 0.5) is 5.82 Å². The lowest BCUT2D eigenvalue weighted by Crippen LogP contribution is -2.05. The van der Waals surface area contributed by atoms with Gasteiger partial charge in [0.25, 0.3) is 0 Å². The number of nitrogens with one attached hydrogen (secondary N) is 1. The van der Waals surface area contributed by atoms with Gasteiger partial charge in [-0.1, -0.05) is 0 Å². The Morgan fingerprint density at radius 1 is 1.58 bits per heavy atom. The molecule has 12 heavy (non-hydrogen) atoms. The molecule has 2 radical (unpaired) electrons. The van der Waals surface area contributed by atoms with Gasteiger partial charge in [-0.05, 0) is 5.59 Å². The van der Waals surface area contributed by atoms with Crippen LogP contribution < -0.4 is 11.3 Å². The van der Waals surface area contributed by atoms with Gasteiger partial charge in [0.1, 0.15) is 18.7 Å². The Kier molecular flexibility index (Phi) is 1.62. The molecule has 0 atom stereocenters. The normalized spacial score (nSPS) is 10.3. The second kappa shape index (κ2) is 2.64. The van der Waals surface area contributed by atoms with Crippen LogP contribution in [0.2, 0.25) is 0 Å². The van der Waals surface area contributed by atoms with E-state index in [2.05, 4.69) is 15.2 Å². The van der Waals surface area contributed by atoms with Crippen molar-refractivity contribution in [3.63, 3.8) is 0 Å². The number of hydrogen-bond acceptors (Lipinski definition) is 4. The summed E-state index contributed by atoms with van der Waals surface area (Å²) < 4.78 is 0. The van der Waals surface area contributed by atoms with Gasteiger partial charge in [-0.15, -0.1) is 11.3 Å². The lowest BCUT2D eigenvalue weighted by atomic mass is 10.0. The summed E-state index contributed by atoms with van der Waals surface area (Å²) in [6, 6.07) is 0. The number of hydrogen-bond donors (Lipinski definition) is 2. The molecule has 0 aliphatic rings. The van der Waals surface area contributed by atoms with Crippen LogP contribution in [0.15, 0.2) is 11.6 Å². The lowest BCUT2D eigenvalue weighted by molar-refractivity contribution is 1.11. The van der Waals surface area contributed by atoms with Gasteiger partial charge in [-0.3, -0.25) is 5.10 Å². The van der Waals surface area contributed by atoms with Crippen molar-refractivity contribution in [3.8, 4) is 10.6 Å². The third-order valence-corrected chi connectivity index (χ3v) is 2.31. The fourth-order valence-corrected chi connectivity index (χ4v) is 1.61.